The number of nitrogens with zero attached hydrogens (tertiary/aromatic N) is 2. The van der Waals surface area contributed by atoms with Crippen molar-refractivity contribution in [1.82, 2.24) is 9.80 Å². The first-order valence-electron chi connectivity index (χ1n) is 7.37. The zero-order valence-corrected chi connectivity index (χ0v) is 12.7. The number of hydrogen-bond acceptors (Lipinski definition) is 3. The molecule has 0 aliphatic carbocycles. The van der Waals surface area contributed by atoms with Gasteiger partial charge in [0.15, 0.2) is 0 Å². The van der Waals surface area contributed by atoms with Gasteiger partial charge in [0, 0.05) is 19.6 Å². The number of aryl methyl sites for hydroxylation is 1. The molecular formula is C16H23N3O2. The summed E-state index contributed by atoms with van der Waals surface area (Å²) >= 11 is 0. The average Bonchev–Trinajstić information content (AvgIpc) is 2.46. The third-order valence-corrected chi connectivity index (χ3v) is 3.84. The molecular weight excluding hydrogens is 266 g/mol. The Morgan fingerprint density at radius 3 is 2.43 bits per heavy atom. The zero-order chi connectivity index (χ0) is 15.4. The molecule has 21 heavy (non-hydrogen) atoms. The van der Waals surface area contributed by atoms with Crippen LogP contribution in [0.25, 0.3) is 0 Å². The molecule has 1 heterocycles. The Morgan fingerprint density at radius 1 is 1.14 bits per heavy atom. The lowest BCUT2D eigenvalue weighted by Gasteiger charge is -2.33. The van der Waals surface area contributed by atoms with Gasteiger partial charge in [0.1, 0.15) is 0 Å². The predicted octanol–water partition coefficient (Wildman–Crippen LogP) is 0.940. The maximum atomic E-state index is 11.9. The lowest BCUT2D eigenvalue weighted by atomic mass is 10.0. The third-order valence-electron chi connectivity index (χ3n) is 3.84. The molecule has 0 aromatic heterocycles. The molecule has 1 aliphatic rings. The molecule has 5 heteroatoms. The monoisotopic (exact) mass is 289 g/mol. The van der Waals surface area contributed by atoms with Gasteiger partial charge in [-0.3, -0.25) is 9.59 Å². The molecule has 1 aromatic rings. The van der Waals surface area contributed by atoms with Crippen LogP contribution in [0.5, 0.6) is 0 Å². The Morgan fingerprint density at radius 2 is 1.81 bits per heavy atom. The van der Waals surface area contributed by atoms with E-state index in [4.69, 9.17) is 5.73 Å². The van der Waals surface area contributed by atoms with Crippen molar-refractivity contribution in [3.8, 4) is 0 Å². The van der Waals surface area contributed by atoms with Gasteiger partial charge in [0.2, 0.25) is 11.8 Å². The van der Waals surface area contributed by atoms with E-state index in [0.29, 0.717) is 6.54 Å². The Bertz CT molecular complexity index is 513. The number of hydrogen-bond donors (Lipinski definition) is 1. The van der Waals surface area contributed by atoms with Crippen LogP contribution in [0.3, 0.4) is 0 Å². The van der Waals surface area contributed by atoms with Gasteiger partial charge in [-0.05, 0) is 17.5 Å². The van der Waals surface area contributed by atoms with Crippen molar-refractivity contribution in [2.45, 2.75) is 25.8 Å². The summed E-state index contributed by atoms with van der Waals surface area (Å²) in [5.41, 5.74) is 8.46. The average molecular weight is 289 g/mol. The fourth-order valence-corrected chi connectivity index (χ4v) is 2.49. The number of amides is 2. The summed E-state index contributed by atoms with van der Waals surface area (Å²) in [4.78, 5) is 26.6. The zero-order valence-electron chi connectivity index (χ0n) is 12.7. The van der Waals surface area contributed by atoms with Crippen molar-refractivity contribution in [2.75, 3.05) is 26.7 Å². The highest BCUT2D eigenvalue weighted by atomic mass is 16.2. The molecule has 1 saturated heterocycles. The van der Waals surface area contributed by atoms with E-state index in [0.717, 1.165) is 18.4 Å². The van der Waals surface area contributed by atoms with Crippen molar-refractivity contribution in [2.24, 2.45) is 5.73 Å². The molecule has 0 radical (unpaired) electrons. The van der Waals surface area contributed by atoms with Gasteiger partial charge in [-0.25, -0.2) is 0 Å². The molecule has 0 bridgehead atoms. The van der Waals surface area contributed by atoms with E-state index in [-0.39, 0.29) is 30.9 Å². The topological polar surface area (TPSA) is 66.6 Å². The van der Waals surface area contributed by atoms with Crippen LogP contribution >= 0.6 is 0 Å². The minimum Gasteiger partial charge on any atom is -0.335 e. The minimum atomic E-state index is -0.263. The fourth-order valence-electron chi connectivity index (χ4n) is 2.49. The first-order chi connectivity index (χ1) is 10.0. The van der Waals surface area contributed by atoms with Gasteiger partial charge in [-0.1, -0.05) is 37.6 Å². The summed E-state index contributed by atoms with van der Waals surface area (Å²) in [5, 5.41) is 0. The Hall–Kier alpha value is -1.88. The van der Waals surface area contributed by atoms with Crippen LogP contribution in [0.2, 0.25) is 0 Å². The van der Waals surface area contributed by atoms with Crippen LogP contribution in [-0.4, -0.2) is 48.3 Å². The summed E-state index contributed by atoms with van der Waals surface area (Å²) in [6.07, 6.45) is 2.17. The second kappa shape index (κ2) is 6.72. The van der Waals surface area contributed by atoms with Crippen LogP contribution in [0.15, 0.2) is 24.3 Å². The highest BCUT2D eigenvalue weighted by Gasteiger charge is 2.28. The van der Waals surface area contributed by atoms with Gasteiger partial charge in [-0.15, -0.1) is 0 Å². The molecule has 1 atom stereocenters. The maximum Gasteiger partial charge on any atom is 0.242 e. The van der Waals surface area contributed by atoms with Gasteiger partial charge in [-0.2, -0.15) is 0 Å². The summed E-state index contributed by atoms with van der Waals surface area (Å²) in [5.74, 6) is -0.0877. The Labute approximate surface area is 125 Å². The Kier molecular flexibility index (Phi) is 4.96. The summed E-state index contributed by atoms with van der Waals surface area (Å²) in [7, 11) is 1.64. The second-order valence-corrected chi connectivity index (χ2v) is 5.62. The van der Waals surface area contributed by atoms with E-state index in [2.05, 4.69) is 19.1 Å². The lowest BCUT2D eigenvalue weighted by Crippen LogP contribution is -2.53. The molecule has 0 spiro atoms. The summed E-state index contributed by atoms with van der Waals surface area (Å²) in [6.45, 7) is 2.79. The molecule has 2 rings (SSSR count). The number of likely N-dealkylation sites (N-methyl/N-ethyl adjacent to an activating group) is 1. The van der Waals surface area contributed by atoms with Crippen molar-refractivity contribution in [1.29, 1.82) is 0 Å². The molecule has 1 unspecified atom stereocenters. The number of rotatable bonds is 5. The van der Waals surface area contributed by atoms with E-state index in [1.54, 1.807) is 11.9 Å². The fraction of sp³-hybridized carbons (Fsp3) is 0.500. The molecule has 2 amide bonds. The number of piperazine rings is 1. The first kappa shape index (κ1) is 15.5. The quantitative estimate of drug-likeness (QED) is 0.877. The number of carbonyl (C=O) groups excluding carboxylic acids is 2. The molecule has 5 nitrogen and oxygen atoms in total. The van der Waals surface area contributed by atoms with Crippen LogP contribution in [-0.2, 0) is 16.0 Å². The molecule has 114 valence electrons. The van der Waals surface area contributed by atoms with Crippen LogP contribution in [0, 0.1) is 0 Å². The molecule has 1 aromatic carbocycles. The SMILES string of the molecule is CCCc1ccc(C(N)CN2CC(=O)N(C)CC2=O)cc1. The number of carbonyl (C=O) groups is 2. The molecule has 1 aliphatic heterocycles. The van der Waals surface area contributed by atoms with Crippen LogP contribution in [0.4, 0.5) is 0 Å². The van der Waals surface area contributed by atoms with E-state index in [1.807, 2.05) is 12.1 Å². The second-order valence-electron chi connectivity index (χ2n) is 5.62. The van der Waals surface area contributed by atoms with Gasteiger partial charge in [0.25, 0.3) is 0 Å². The van der Waals surface area contributed by atoms with Gasteiger partial charge in [0.05, 0.1) is 13.1 Å². The minimum absolute atomic E-state index is 0.0416. The smallest absolute Gasteiger partial charge is 0.242 e. The number of benzene rings is 1. The standard InChI is InChI=1S/C16H23N3O2/c1-3-4-12-5-7-13(8-6-12)14(17)9-19-11-15(20)18(2)10-16(19)21/h5-8,14H,3-4,9-11,17H2,1-2H3. The lowest BCUT2D eigenvalue weighted by molar-refractivity contribution is -0.148. The van der Waals surface area contributed by atoms with E-state index in [1.165, 1.54) is 10.5 Å². The van der Waals surface area contributed by atoms with Crippen molar-refractivity contribution in [3.05, 3.63) is 35.4 Å². The third kappa shape index (κ3) is 3.82. The summed E-state index contributed by atoms with van der Waals surface area (Å²) < 4.78 is 0. The van der Waals surface area contributed by atoms with E-state index >= 15 is 0 Å². The first-order valence-corrected chi connectivity index (χ1v) is 7.37. The van der Waals surface area contributed by atoms with E-state index in [9.17, 15) is 9.59 Å². The molecule has 2 N–H and O–H groups in total. The van der Waals surface area contributed by atoms with Crippen LogP contribution in [0.1, 0.15) is 30.5 Å². The number of nitrogens with two attached hydrogens (primary N) is 1. The van der Waals surface area contributed by atoms with Crippen molar-refractivity contribution >= 4 is 11.8 Å². The van der Waals surface area contributed by atoms with E-state index < -0.39 is 0 Å². The largest absolute Gasteiger partial charge is 0.335 e. The van der Waals surface area contributed by atoms with Gasteiger partial charge >= 0.3 is 0 Å². The molecule has 1 fully saturated rings. The Balaban J connectivity index is 1.98. The summed E-state index contributed by atoms with van der Waals surface area (Å²) in [6, 6.07) is 7.92. The van der Waals surface area contributed by atoms with Crippen molar-refractivity contribution in [3.63, 3.8) is 0 Å². The van der Waals surface area contributed by atoms with Crippen LogP contribution < -0.4 is 5.73 Å². The maximum absolute atomic E-state index is 11.9. The highest BCUT2D eigenvalue weighted by molar-refractivity contribution is 5.92. The predicted molar refractivity (Wildman–Crippen MR) is 81.6 cm³/mol. The van der Waals surface area contributed by atoms with Gasteiger partial charge < -0.3 is 15.5 Å². The normalized spacial score (nSPS) is 17.3. The molecule has 0 saturated carbocycles. The highest BCUT2D eigenvalue weighted by Crippen LogP contribution is 2.15. The van der Waals surface area contributed by atoms with Crippen molar-refractivity contribution < 1.29 is 9.59 Å².